The zero-order chi connectivity index (χ0) is 27.7. The number of nitrogens with one attached hydrogen (secondary N) is 1. The maximum atomic E-state index is 14.6. The Labute approximate surface area is 224 Å². The molecule has 0 saturated heterocycles. The molecule has 0 aliphatic rings. The highest BCUT2D eigenvalue weighted by atomic mass is 32.2. The molecule has 9 heteroatoms. The van der Waals surface area contributed by atoms with Gasteiger partial charge in [0.15, 0.2) is 0 Å². The minimum absolute atomic E-state index is 0.0281. The average molecular weight is 540 g/mol. The second kappa shape index (κ2) is 13.2. The topological polar surface area (TPSA) is 86.8 Å². The highest BCUT2D eigenvalue weighted by molar-refractivity contribution is 7.92. The first-order chi connectivity index (χ1) is 18.1. The number of halogens is 1. The van der Waals surface area contributed by atoms with E-state index in [-0.39, 0.29) is 17.0 Å². The van der Waals surface area contributed by atoms with Crippen molar-refractivity contribution in [2.45, 2.75) is 51.1 Å². The van der Waals surface area contributed by atoms with Crippen molar-refractivity contribution in [1.29, 1.82) is 0 Å². The van der Waals surface area contributed by atoms with Crippen molar-refractivity contribution in [2.24, 2.45) is 0 Å². The molecule has 0 saturated carbocycles. The largest absolute Gasteiger partial charge is 0.354 e. The quantitative estimate of drug-likeness (QED) is 0.339. The van der Waals surface area contributed by atoms with Gasteiger partial charge in [-0.25, -0.2) is 12.8 Å². The lowest BCUT2D eigenvalue weighted by molar-refractivity contribution is -0.139. The lowest BCUT2D eigenvalue weighted by atomic mass is 10.1. The van der Waals surface area contributed by atoms with Crippen molar-refractivity contribution >= 4 is 27.5 Å². The lowest BCUT2D eigenvalue weighted by Crippen LogP contribution is -2.51. The minimum Gasteiger partial charge on any atom is -0.354 e. The molecule has 0 unspecified atom stereocenters. The highest BCUT2D eigenvalue weighted by Crippen LogP contribution is 2.25. The summed E-state index contributed by atoms with van der Waals surface area (Å²) in [6.45, 7) is 5.06. The Bertz CT molecular complexity index is 1350. The highest BCUT2D eigenvalue weighted by Gasteiger charge is 2.32. The van der Waals surface area contributed by atoms with Gasteiger partial charge in [-0.15, -0.1) is 0 Å². The number of sulfonamides is 1. The summed E-state index contributed by atoms with van der Waals surface area (Å²) < 4.78 is 43.0. The zero-order valence-electron chi connectivity index (χ0n) is 21.9. The number of benzene rings is 3. The van der Waals surface area contributed by atoms with Crippen molar-refractivity contribution in [3.63, 3.8) is 0 Å². The molecule has 1 N–H and O–H groups in total. The summed E-state index contributed by atoms with van der Waals surface area (Å²) in [4.78, 5) is 28.0. The van der Waals surface area contributed by atoms with Crippen LogP contribution in [0.25, 0.3) is 0 Å². The first kappa shape index (κ1) is 28.8. The maximum absolute atomic E-state index is 14.6. The summed E-state index contributed by atoms with van der Waals surface area (Å²) in [6, 6.07) is 19.7. The van der Waals surface area contributed by atoms with Gasteiger partial charge < -0.3 is 10.2 Å². The van der Waals surface area contributed by atoms with E-state index in [1.807, 2.05) is 19.9 Å². The van der Waals surface area contributed by atoms with E-state index in [4.69, 9.17) is 0 Å². The van der Waals surface area contributed by atoms with Crippen LogP contribution >= 0.6 is 0 Å². The van der Waals surface area contributed by atoms with E-state index in [1.165, 1.54) is 35.2 Å². The van der Waals surface area contributed by atoms with Gasteiger partial charge in [-0.1, -0.05) is 61.9 Å². The summed E-state index contributed by atoms with van der Waals surface area (Å²) in [7, 11) is -4.13. The second-order valence-electron chi connectivity index (χ2n) is 9.10. The number of anilines is 1. The van der Waals surface area contributed by atoms with Gasteiger partial charge in [0.1, 0.15) is 18.4 Å². The van der Waals surface area contributed by atoms with Crippen LogP contribution in [0.15, 0.2) is 83.8 Å². The SMILES string of the molecule is CCCCNC(=O)[C@H](C)N(Cc1ccccc1F)C(=O)CN(c1cccc(C)c1)S(=O)(=O)c1ccccc1. The molecule has 0 fully saturated rings. The van der Waals surface area contributed by atoms with Gasteiger partial charge in [0, 0.05) is 18.7 Å². The van der Waals surface area contributed by atoms with Crippen LogP contribution in [-0.2, 0) is 26.2 Å². The predicted octanol–water partition coefficient (Wildman–Crippen LogP) is 4.66. The van der Waals surface area contributed by atoms with Gasteiger partial charge in [0.25, 0.3) is 10.0 Å². The van der Waals surface area contributed by atoms with E-state index in [1.54, 1.807) is 49.4 Å². The average Bonchev–Trinajstić information content (AvgIpc) is 2.91. The normalized spacial score (nSPS) is 12.0. The third kappa shape index (κ3) is 7.19. The molecule has 3 aromatic rings. The van der Waals surface area contributed by atoms with Crippen LogP contribution in [-0.4, -0.2) is 44.3 Å². The molecule has 202 valence electrons. The molecule has 0 aliphatic heterocycles. The first-order valence-electron chi connectivity index (χ1n) is 12.6. The van der Waals surface area contributed by atoms with Gasteiger partial charge in [-0.3, -0.25) is 13.9 Å². The lowest BCUT2D eigenvalue weighted by Gasteiger charge is -2.32. The van der Waals surface area contributed by atoms with Crippen molar-refractivity contribution in [1.82, 2.24) is 10.2 Å². The number of unbranched alkanes of at least 4 members (excludes halogenated alkanes) is 1. The molecular weight excluding hydrogens is 505 g/mol. The van der Waals surface area contributed by atoms with E-state index in [0.717, 1.165) is 22.7 Å². The molecule has 2 amide bonds. The Kier molecular flexibility index (Phi) is 10.0. The number of aryl methyl sites for hydroxylation is 1. The van der Waals surface area contributed by atoms with Gasteiger partial charge in [-0.2, -0.15) is 0 Å². The third-order valence-electron chi connectivity index (χ3n) is 6.20. The van der Waals surface area contributed by atoms with E-state index in [9.17, 15) is 22.4 Å². The Morgan fingerprint density at radius 2 is 1.66 bits per heavy atom. The number of rotatable bonds is 12. The molecule has 38 heavy (non-hydrogen) atoms. The summed E-state index contributed by atoms with van der Waals surface area (Å²) >= 11 is 0. The van der Waals surface area contributed by atoms with E-state index in [0.29, 0.717) is 12.2 Å². The molecule has 0 spiro atoms. The van der Waals surface area contributed by atoms with Gasteiger partial charge >= 0.3 is 0 Å². The van der Waals surface area contributed by atoms with Crippen molar-refractivity contribution in [2.75, 3.05) is 17.4 Å². The number of nitrogens with zero attached hydrogens (tertiary/aromatic N) is 2. The molecule has 1 atom stereocenters. The molecule has 3 rings (SSSR count). The van der Waals surface area contributed by atoms with Crippen LogP contribution in [0.4, 0.5) is 10.1 Å². The number of amides is 2. The summed E-state index contributed by atoms with van der Waals surface area (Å²) in [6.07, 6.45) is 1.66. The fourth-order valence-corrected chi connectivity index (χ4v) is 5.39. The molecular formula is C29H34FN3O4S. The Balaban J connectivity index is 2.00. The van der Waals surface area contributed by atoms with Crippen molar-refractivity contribution < 1.29 is 22.4 Å². The molecule has 0 radical (unpaired) electrons. The predicted molar refractivity (Wildman–Crippen MR) is 146 cm³/mol. The van der Waals surface area contributed by atoms with Crippen LogP contribution in [0.5, 0.6) is 0 Å². The number of carbonyl (C=O) groups excluding carboxylic acids is 2. The second-order valence-corrected chi connectivity index (χ2v) is 11.0. The molecule has 0 aromatic heterocycles. The monoisotopic (exact) mass is 539 g/mol. The molecule has 3 aromatic carbocycles. The zero-order valence-corrected chi connectivity index (χ0v) is 22.7. The molecule has 0 bridgehead atoms. The first-order valence-corrected chi connectivity index (χ1v) is 14.0. The number of carbonyl (C=O) groups is 2. The van der Waals surface area contributed by atoms with Gasteiger partial charge in [0.05, 0.1) is 10.6 Å². The smallest absolute Gasteiger partial charge is 0.264 e. The maximum Gasteiger partial charge on any atom is 0.264 e. The van der Waals surface area contributed by atoms with E-state index < -0.39 is 40.2 Å². The number of hydrogen-bond donors (Lipinski definition) is 1. The van der Waals surface area contributed by atoms with Crippen molar-refractivity contribution in [3.05, 3.63) is 95.8 Å². The Morgan fingerprint density at radius 3 is 2.32 bits per heavy atom. The van der Waals surface area contributed by atoms with Crippen LogP contribution in [0.1, 0.15) is 37.8 Å². The fourth-order valence-electron chi connectivity index (χ4n) is 3.96. The van der Waals surface area contributed by atoms with Crippen LogP contribution in [0.3, 0.4) is 0 Å². The van der Waals surface area contributed by atoms with E-state index in [2.05, 4.69) is 5.32 Å². The fraction of sp³-hybridized carbons (Fsp3) is 0.310. The van der Waals surface area contributed by atoms with Crippen LogP contribution < -0.4 is 9.62 Å². The third-order valence-corrected chi connectivity index (χ3v) is 7.98. The van der Waals surface area contributed by atoms with Crippen LogP contribution in [0.2, 0.25) is 0 Å². The minimum atomic E-state index is -4.13. The molecule has 7 nitrogen and oxygen atoms in total. The number of hydrogen-bond acceptors (Lipinski definition) is 4. The van der Waals surface area contributed by atoms with Crippen LogP contribution in [0, 0.1) is 12.7 Å². The molecule has 0 heterocycles. The summed E-state index contributed by atoms with van der Waals surface area (Å²) in [5, 5.41) is 2.81. The Hall–Kier alpha value is -3.72. The van der Waals surface area contributed by atoms with Crippen molar-refractivity contribution in [3.8, 4) is 0 Å². The Morgan fingerprint density at radius 1 is 0.974 bits per heavy atom. The van der Waals surface area contributed by atoms with E-state index >= 15 is 0 Å². The standard InChI is InChI=1S/C29H34FN3O4S/c1-4-5-18-31-29(35)23(3)32(20-24-13-9-10-17-27(24)30)28(34)21-33(25-14-11-12-22(2)19-25)38(36,37)26-15-7-6-8-16-26/h6-17,19,23H,4-5,18,20-21H2,1-3H3,(H,31,35)/t23-/m0/s1. The van der Waals surface area contributed by atoms with Gasteiger partial charge in [-0.05, 0) is 56.2 Å². The summed E-state index contributed by atoms with van der Waals surface area (Å²) in [5.41, 5.74) is 1.35. The molecule has 0 aliphatic carbocycles. The van der Waals surface area contributed by atoms with Gasteiger partial charge in [0.2, 0.25) is 11.8 Å². The summed E-state index contributed by atoms with van der Waals surface area (Å²) in [5.74, 6) is -1.54.